The molecule has 0 radical (unpaired) electrons. The van der Waals surface area contributed by atoms with Crippen molar-refractivity contribution >= 4 is 6.09 Å². The van der Waals surface area contributed by atoms with Crippen LogP contribution in [0, 0.1) is 0 Å². The molecule has 4 heteroatoms. The van der Waals surface area contributed by atoms with Crippen LogP contribution < -0.4 is 0 Å². The second-order valence-electron chi connectivity index (χ2n) is 4.97. The van der Waals surface area contributed by atoms with Crippen molar-refractivity contribution in [2.24, 2.45) is 0 Å². The zero-order chi connectivity index (χ0) is 12.7. The van der Waals surface area contributed by atoms with Crippen LogP contribution in [0.15, 0.2) is 30.3 Å². The standard InChI is InChI=1S/C13H17NO3/c1-12(2)13(3,16)14(11(15)17-12)9-10-7-5-4-6-8-10/h4-8,16H,9H2,1-3H3/t13-/m1/s1. The third-order valence-corrected chi connectivity index (χ3v) is 3.41. The Balaban J connectivity index is 2.25. The summed E-state index contributed by atoms with van der Waals surface area (Å²) in [6, 6.07) is 9.53. The molecular weight excluding hydrogens is 218 g/mol. The van der Waals surface area contributed by atoms with E-state index in [1.54, 1.807) is 20.8 Å². The normalized spacial score (nSPS) is 27.1. The van der Waals surface area contributed by atoms with Gasteiger partial charge in [0.2, 0.25) is 0 Å². The molecule has 1 fully saturated rings. The fourth-order valence-electron chi connectivity index (χ4n) is 1.86. The highest BCUT2D eigenvalue weighted by atomic mass is 16.6. The van der Waals surface area contributed by atoms with Gasteiger partial charge in [0.15, 0.2) is 11.3 Å². The molecular formula is C13H17NO3. The van der Waals surface area contributed by atoms with Crippen LogP contribution in [0.4, 0.5) is 4.79 Å². The zero-order valence-electron chi connectivity index (χ0n) is 10.3. The van der Waals surface area contributed by atoms with Crippen LogP contribution in [0.1, 0.15) is 26.3 Å². The number of amides is 1. The maximum absolute atomic E-state index is 11.8. The molecule has 0 aliphatic carbocycles. The van der Waals surface area contributed by atoms with E-state index in [0.717, 1.165) is 5.56 Å². The van der Waals surface area contributed by atoms with Gasteiger partial charge >= 0.3 is 6.09 Å². The van der Waals surface area contributed by atoms with E-state index in [1.807, 2.05) is 30.3 Å². The van der Waals surface area contributed by atoms with Crippen molar-refractivity contribution < 1.29 is 14.6 Å². The monoisotopic (exact) mass is 235 g/mol. The van der Waals surface area contributed by atoms with Crippen LogP contribution in [0.25, 0.3) is 0 Å². The smallest absolute Gasteiger partial charge is 0.413 e. The molecule has 4 nitrogen and oxygen atoms in total. The van der Waals surface area contributed by atoms with E-state index in [0.29, 0.717) is 6.54 Å². The van der Waals surface area contributed by atoms with Crippen molar-refractivity contribution in [2.45, 2.75) is 38.6 Å². The Hall–Kier alpha value is -1.55. The van der Waals surface area contributed by atoms with Crippen molar-refractivity contribution in [2.75, 3.05) is 0 Å². The molecule has 0 saturated carbocycles. The van der Waals surface area contributed by atoms with Crippen molar-refractivity contribution in [3.05, 3.63) is 35.9 Å². The Bertz CT molecular complexity index is 426. The van der Waals surface area contributed by atoms with Gasteiger partial charge in [-0.05, 0) is 26.3 Å². The highest BCUT2D eigenvalue weighted by molar-refractivity contribution is 5.72. The molecule has 17 heavy (non-hydrogen) atoms. The summed E-state index contributed by atoms with van der Waals surface area (Å²) in [4.78, 5) is 13.1. The number of carbonyl (C=O) groups is 1. The van der Waals surface area contributed by atoms with Crippen molar-refractivity contribution in [1.82, 2.24) is 4.90 Å². The largest absolute Gasteiger partial charge is 0.438 e. The van der Waals surface area contributed by atoms with Gasteiger partial charge in [-0.2, -0.15) is 0 Å². The van der Waals surface area contributed by atoms with Gasteiger partial charge in [0.25, 0.3) is 0 Å². The quantitative estimate of drug-likeness (QED) is 0.854. The van der Waals surface area contributed by atoms with Crippen molar-refractivity contribution in [3.63, 3.8) is 0 Å². The summed E-state index contributed by atoms with van der Waals surface area (Å²) in [5.41, 5.74) is -1.25. The molecule has 1 aliphatic rings. The number of ether oxygens (including phenoxy) is 1. The van der Waals surface area contributed by atoms with E-state index in [2.05, 4.69) is 0 Å². The fraction of sp³-hybridized carbons (Fsp3) is 0.462. The number of benzene rings is 1. The number of hydrogen-bond acceptors (Lipinski definition) is 3. The fourth-order valence-corrected chi connectivity index (χ4v) is 1.86. The molecule has 92 valence electrons. The van der Waals surface area contributed by atoms with E-state index >= 15 is 0 Å². The number of hydrogen-bond donors (Lipinski definition) is 1. The number of carbonyl (C=O) groups excluding carboxylic acids is 1. The molecule has 1 aromatic rings. The van der Waals surface area contributed by atoms with Crippen LogP contribution in [0.2, 0.25) is 0 Å². The summed E-state index contributed by atoms with van der Waals surface area (Å²) in [5, 5.41) is 10.4. The summed E-state index contributed by atoms with van der Waals surface area (Å²) < 4.78 is 5.19. The van der Waals surface area contributed by atoms with Crippen molar-refractivity contribution in [1.29, 1.82) is 0 Å². The van der Waals surface area contributed by atoms with Gasteiger partial charge in [-0.25, -0.2) is 4.79 Å². The molecule has 1 N–H and O–H groups in total. The number of rotatable bonds is 2. The molecule has 2 rings (SSSR count). The molecule has 1 aliphatic heterocycles. The molecule has 1 atom stereocenters. The van der Waals surface area contributed by atoms with Gasteiger partial charge in [0.05, 0.1) is 6.54 Å². The highest BCUT2D eigenvalue weighted by Crippen LogP contribution is 2.37. The Morgan fingerprint density at radius 2 is 1.82 bits per heavy atom. The Morgan fingerprint density at radius 3 is 2.29 bits per heavy atom. The highest BCUT2D eigenvalue weighted by Gasteiger charge is 2.56. The third-order valence-electron chi connectivity index (χ3n) is 3.41. The average Bonchev–Trinajstić information content (AvgIpc) is 2.39. The first-order valence-electron chi connectivity index (χ1n) is 5.61. The predicted molar refractivity (Wildman–Crippen MR) is 63.2 cm³/mol. The Kier molecular flexibility index (Phi) is 2.62. The van der Waals surface area contributed by atoms with Gasteiger partial charge in [-0.3, -0.25) is 4.90 Å². The Morgan fingerprint density at radius 1 is 1.24 bits per heavy atom. The first kappa shape index (κ1) is 11.9. The SMILES string of the molecule is CC1(C)OC(=O)N(Cc2ccccc2)[C@]1(C)O. The van der Waals surface area contributed by atoms with E-state index in [1.165, 1.54) is 4.90 Å². The summed E-state index contributed by atoms with van der Waals surface area (Å²) >= 11 is 0. The lowest BCUT2D eigenvalue weighted by Crippen LogP contribution is -2.53. The molecule has 0 spiro atoms. The number of nitrogens with zero attached hydrogens (tertiary/aromatic N) is 1. The number of aliphatic hydroxyl groups is 1. The minimum Gasteiger partial charge on any atom is -0.438 e. The van der Waals surface area contributed by atoms with Gasteiger partial charge in [0, 0.05) is 0 Å². The molecule has 0 unspecified atom stereocenters. The molecule has 1 heterocycles. The van der Waals surface area contributed by atoms with E-state index in [9.17, 15) is 9.90 Å². The lowest BCUT2D eigenvalue weighted by molar-refractivity contribution is -0.129. The maximum Gasteiger partial charge on any atom is 0.413 e. The van der Waals surface area contributed by atoms with Gasteiger partial charge in [-0.1, -0.05) is 30.3 Å². The van der Waals surface area contributed by atoms with Crippen LogP contribution in [0.5, 0.6) is 0 Å². The summed E-state index contributed by atoms with van der Waals surface area (Å²) in [6.07, 6.45) is -0.483. The van der Waals surface area contributed by atoms with Crippen LogP contribution in [-0.4, -0.2) is 27.4 Å². The Labute approximate surface area is 101 Å². The zero-order valence-corrected chi connectivity index (χ0v) is 10.3. The minimum atomic E-state index is -1.31. The first-order chi connectivity index (χ1) is 7.84. The molecule has 1 saturated heterocycles. The topological polar surface area (TPSA) is 49.8 Å². The average molecular weight is 235 g/mol. The summed E-state index contributed by atoms with van der Waals surface area (Å²) in [6.45, 7) is 5.35. The van der Waals surface area contributed by atoms with Crippen LogP contribution in [0.3, 0.4) is 0 Å². The second kappa shape index (κ2) is 3.74. The predicted octanol–water partition coefficient (Wildman–Crippen LogP) is 2.13. The van der Waals surface area contributed by atoms with Crippen LogP contribution >= 0.6 is 0 Å². The molecule has 1 amide bonds. The van der Waals surface area contributed by atoms with Gasteiger partial charge < -0.3 is 9.84 Å². The lowest BCUT2D eigenvalue weighted by atomic mass is 9.95. The maximum atomic E-state index is 11.8. The second-order valence-corrected chi connectivity index (χ2v) is 4.97. The molecule has 0 aromatic heterocycles. The molecule has 1 aromatic carbocycles. The van der Waals surface area contributed by atoms with Crippen molar-refractivity contribution in [3.8, 4) is 0 Å². The van der Waals surface area contributed by atoms with E-state index < -0.39 is 17.4 Å². The molecule has 0 bridgehead atoms. The van der Waals surface area contributed by atoms with E-state index in [-0.39, 0.29) is 0 Å². The first-order valence-corrected chi connectivity index (χ1v) is 5.61. The summed E-state index contributed by atoms with van der Waals surface area (Å²) in [7, 11) is 0. The minimum absolute atomic E-state index is 0.343. The lowest BCUT2D eigenvalue weighted by Gasteiger charge is -2.34. The van der Waals surface area contributed by atoms with Crippen LogP contribution in [-0.2, 0) is 11.3 Å². The van der Waals surface area contributed by atoms with Gasteiger partial charge in [0.1, 0.15) is 0 Å². The summed E-state index contributed by atoms with van der Waals surface area (Å²) in [5.74, 6) is 0. The number of cyclic esters (lactones) is 1. The van der Waals surface area contributed by atoms with E-state index in [4.69, 9.17) is 4.74 Å². The third kappa shape index (κ3) is 1.89. The van der Waals surface area contributed by atoms with Gasteiger partial charge in [-0.15, -0.1) is 0 Å².